The van der Waals surface area contributed by atoms with Gasteiger partial charge < -0.3 is 10.4 Å². The third-order valence-electron chi connectivity index (χ3n) is 3.05. The molecule has 1 amide bonds. The number of benzene rings is 1. The highest BCUT2D eigenvalue weighted by Crippen LogP contribution is 2.12. The summed E-state index contributed by atoms with van der Waals surface area (Å²) in [6.07, 6.45) is 0. The number of carbonyl (C=O) groups excluding carboxylic acids is 1. The van der Waals surface area contributed by atoms with E-state index in [-0.39, 0.29) is 11.6 Å². The van der Waals surface area contributed by atoms with E-state index in [0.29, 0.717) is 5.52 Å². The van der Waals surface area contributed by atoms with Crippen molar-refractivity contribution in [3.05, 3.63) is 42.1 Å². The van der Waals surface area contributed by atoms with Crippen LogP contribution in [0, 0.1) is 5.92 Å². The largest absolute Gasteiger partial charge is 0.480 e. The first-order valence-corrected chi connectivity index (χ1v) is 6.38. The van der Waals surface area contributed by atoms with Crippen molar-refractivity contribution < 1.29 is 14.7 Å². The molecule has 1 atom stereocenters. The zero-order valence-corrected chi connectivity index (χ0v) is 11.3. The van der Waals surface area contributed by atoms with Gasteiger partial charge in [0.1, 0.15) is 11.7 Å². The quantitative estimate of drug-likeness (QED) is 0.893. The number of aromatic nitrogens is 1. The van der Waals surface area contributed by atoms with E-state index in [1.165, 1.54) is 0 Å². The van der Waals surface area contributed by atoms with Crippen molar-refractivity contribution in [3.8, 4) is 0 Å². The topological polar surface area (TPSA) is 79.3 Å². The average Bonchev–Trinajstić information content (AvgIpc) is 2.43. The summed E-state index contributed by atoms with van der Waals surface area (Å²) in [5, 5.41) is 12.5. The van der Waals surface area contributed by atoms with Crippen molar-refractivity contribution in [2.75, 3.05) is 0 Å². The van der Waals surface area contributed by atoms with Gasteiger partial charge in [-0.3, -0.25) is 4.79 Å². The number of carboxylic acid groups (broad SMARTS) is 1. The van der Waals surface area contributed by atoms with Crippen molar-refractivity contribution in [2.24, 2.45) is 5.92 Å². The molecule has 20 heavy (non-hydrogen) atoms. The lowest BCUT2D eigenvalue weighted by molar-refractivity contribution is -0.140. The van der Waals surface area contributed by atoms with E-state index in [1.54, 1.807) is 26.0 Å². The summed E-state index contributed by atoms with van der Waals surface area (Å²) in [5.41, 5.74) is 0.923. The SMILES string of the molecule is CC(C)[C@H](NC(=O)c1ccc2ccccc2n1)C(=O)O. The molecule has 0 saturated heterocycles. The fourth-order valence-corrected chi connectivity index (χ4v) is 1.92. The molecule has 0 aliphatic rings. The van der Waals surface area contributed by atoms with Crippen LogP contribution in [0.25, 0.3) is 10.9 Å². The zero-order chi connectivity index (χ0) is 14.7. The Hall–Kier alpha value is -2.43. The molecule has 0 radical (unpaired) electrons. The van der Waals surface area contributed by atoms with Gasteiger partial charge in [-0.15, -0.1) is 0 Å². The lowest BCUT2D eigenvalue weighted by atomic mass is 10.0. The molecule has 2 aromatic rings. The Morgan fingerprint density at radius 1 is 1.15 bits per heavy atom. The fourth-order valence-electron chi connectivity index (χ4n) is 1.92. The number of nitrogens with zero attached hydrogens (tertiary/aromatic N) is 1. The van der Waals surface area contributed by atoms with Crippen molar-refractivity contribution in [1.82, 2.24) is 10.3 Å². The summed E-state index contributed by atoms with van der Waals surface area (Å²) >= 11 is 0. The molecule has 0 unspecified atom stereocenters. The number of carboxylic acids is 1. The number of fused-ring (bicyclic) bond motifs is 1. The van der Waals surface area contributed by atoms with Gasteiger partial charge >= 0.3 is 5.97 Å². The van der Waals surface area contributed by atoms with Gasteiger partial charge in [-0.05, 0) is 18.1 Å². The van der Waals surface area contributed by atoms with Gasteiger partial charge in [0.05, 0.1) is 5.52 Å². The monoisotopic (exact) mass is 272 g/mol. The van der Waals surface area contributed by atoms with Crippen LogP contribution in [-0.4, -0.2) is 28.0 Å². The Bertz CT molecular complexity index is 652. The predicted molar refractivity (Wildman–Crippen MR) is 75.5 cm³/mol. The molecular formula is C15H16N2O3. The summed E-state index contributed by atoms with van der Waals surface area (Å²) < 4.78 is 0. The minimum absolute atomic E-state index is 0.197. The number of para-hydroxylation sites is 1. The molecule has 0 aliphatic heterocycles. The smallest absolute Gasteiger partial charge is 0.326 e. The number of aliphatic carboxylic acids is 1. The Labute approximate surface area is 116 Å². The molecule has 0 fully saturated rings. The second-order valence-electron chi connectivity index (χ2n) is 4.92. The van der Waals surface area contributed by atoms with Crippen LogP contribution < -0.4 is 5.32 Å². The van der Waals surface area contributed by atoms with Crippen LogP contribution >= 0.6 is 0 Å². The molecule has 0 bridgehead atoms. The number of carbonyl (C=O) groups is 2. The maximum absolute atomic E-state index is 12.1. The fraction of sp³-hybridized carbons (Fsp3) is 0.267. The lowest BCUT2D eigenvalue weighted by Gasteiger charge is -2.17. The zero-order valence-electron chi connectivity index (χ0n) is 11.3. The van der Waals surface area contributed by atoms with Crippen LogP contribution in [0.2, 0.25) is 0 Å². The second-order valence-corrected chi connectivity index (χ2v) is 4.92. The van der Waals surface area contributed by atoms with E-state index < -0.39 is 17.9 Å². The normalized spacial score (nSPS) is 12.3. The van der Waals surface area contributed by atoms with Crippen molar-refractivity contribution in [1.29, 1.82) is 0 Å². The highest BCUT2D eigenvalue weighted by Gasteiger charge is 2.24. The van der Waals surface area contributed by atoms with Gasteiger partial charge in [-0.1, -0.05) is 38.1 Å². The molecule has 0 spiro atoms. The highest BCUT2D eigenvalue weighted by molar-refractivity contribution is 5.97. The Morgan fingerprint density at radius 3 is 2.50 bits per heavy atom. The summed E-state index contributed by atoms with van der Waals surface area (Å²) in [7, 11) is 0. The molecule has 1 aromatic carbocycles. The van der Waals surface area contributed by atoms with E-state index in [9.17, 15) is 9.59 Å². The van der Waals surface area contributed by atoms with E-state index in [0.717, 1.165) is 5.39 Å². The van der Waals surface area contributed by atoms with E-state index in [4.69, 9.17) is 5.11 Å². The first kappa shape index (κ1) is 14.0. The van der Waals surface area contributed by atoms with Gasteiger partial charge in [0, 0.05) is 5.39 Å². The van der Waals surface area contributed by atoms with Crippen molar-refractivity contribution in [2.45, 2.75) is 19.9 Å². The summed E-state index contributed by atoms with van der Waals surface area (Å²) in [4.78, 5) is 27.4. The van der Waals surface area contributed by atoms with Crippen LogP contribution in [0.4, 0.5) is 0 Å². The first-order valence-electron chi connectivity index (χ1n) is 6.38. The van der Waals surface area contributed by atoms with Crippen molar-refractivity contribution >= 4 is 22.8 Å². The summed E-state index contributed by atoms with van der Waals surface area (Å²) in [6.45, 7) is 3.49. The predicted octanol–water partition coefficient (Wildman–Crippen LogP) is 2.07. The number of hydrogen-bond donors (Lipinski definition) is 2. The highest BCUT2D eigenvalue weighted by atomic mass is 16.4. The van der Waals surface area contributed by atoms with Crippen LogP contribution in [0.3, 0.4) is 0 Å². The van der Waals surface area contributed by atoms with Gasteiger partial charge in [0.15, 0.2) is 0 Å². The minimum Gasteiger partial charge on any atom is -0.480 e. The van der Waals surface area contributed by atoms with Gasteiger partial charge in [-0.25, -0.2) is 9.78 Å². The lowest BCUT2D eigenvalue weighted by Crippen LogP contribution is -2.44. The Kier molecular flexibility index (Phi) is 3.98. The Balaban J connectivity index is 2.24. The molecular weight excluding hydrogens is 256 g/mol. The maximum Gasteiger partial charge on any atom is 0.326 e. The molecule has 5 heteroatoms. The number of nitrogens with one attached hydrogen (secondary N) is 1. The molecule has 0 aliphatic carbocycles. The van der Waals surface area contributed by atoms with Gasteiger partial charge in [-0.2, -0.15) is 0 Å². The van der Waals surface area contributed by atoms with Crippen LogP contribution in [0.1, 0.15) is 24.3 Å². The third-order valence-corrected chi connectivity index (χ3v) is 3.05. The van der Waals surface area contributed by atoms with Gasteiger partial charge in [0.25, 0.3) is 5.91 Å². The van der Waals surface area contributed by atoms with Crippen LogP contribution in [-0.2, 0) is 4.79 Å². The molecule has 5 nitrogen and oxygen atoms in total. The van der Waals surface area contributed by atoms with Crippen LogP contribution in [0.5, 0.6) is 0 Å². The van der Waals surface area contributed by atoms with E-state index in [2.05, 4.69) is 10.3 Å². The molecule has 104 valence electrons. The van der Waals surface area contributed by atoms with E-state index in [1.807, 2.05) is 24.3 Å². The number of hydrogen-bond acceptors (Lipinski definition) is 3. The summed E-state index contributed by atoms with van der Waals surface area (Å²) in [6, 6.07) is 9.91. The number of amides is 1. The average molecular weight is 272 g/mol. The van der Waals surface area contributed by atoms with Gasteiger partial charge in [0.2, 0.25) is 0 Å². The molecule has 2 N–H and O–H groups in total. The molecule has 1 heterocycles. The molecule has 2 rings (SSSR count). The minimum atomic E-state index is -1.05. The van der Waals surface area contributed by atoms with Crippen molar-refractivity contribution in [3.63, 3.8) is 0 Å². The third kappa shape index (κ3) is 2.93. The summed E-state index contributed by atoms with van der Waals surface area (Å²) in [5.74, 6) is -1.72. The number of pyridine rings is 1. The second kappa shape index (κ2) is 5.69. The van der Waals surface area contributed by atoms with Crippen LogP contribution in [0.15, 0.2) is 36.4 Å². The number of rotatable bonds is 4. The first-order chi connectivity index (χ1) is 9.49. The van der Waals surface area contributed by atoms with E-state index >= 15 is 0 Å². The molecule has 1 aromatic heterocycles. The molecule has 0 saturated carbocycles. The Morgan fingerprint density at radius 2 is 1.85 bits per heavy atom. The standard InChI is InChI=1S/C15H16N2O3/c1-9(2)13(15(19)20)17-14(18)12-8-7-10-5-3-4-6-11(10)16-12/h3-9,13H,1-2H3,(H,17,18)(H,19,20)/t13-/m0/s1. The maximum atomic E-state index is 12.1.